The van der Waals surface area contributed by atoms with Gasteiger partial charge in [-0.25, -0.2) is 9.79 Å². The van der Waals surface area contributed by atoms with Crippen molar-refractivity contribution in [1.82, 2.24) is 9.55 Å². The first kappa shape index (κ1) is 20.4. The molecule has 1 aliphatic heterocycles. The first-order valence-electron chi connectivity index (χ1n) is 10.1. The fourth-order valence-electron chi connectivity index (χ4n) is 3.73. The van der Waals surface area contributed by atoms with Crippen LogP contribution in [0.4, 0.5) is 0 Å². The molecule has 0 spiro atoms. The number of aromatic nitrogens is 2. The number of hydrogen-bond donors (Lipinski definition) is 1. The van der Waals surface area contributed by atoms with Gasteiger partial charge in [0.25, 0.3) is 5.56 Å². The summed E-state index contributed by atoms with van der Waals surface area (Å²) < 4.78 is 7.59. The minimum absolute atomic E-state index is 0.185. The van der Waals surface area contributed by atoms with Crippen LogP contribution in [0.15, 0.2) is 81.5 Å². The van der Waals surface area contributed by atoms with Crippen LogP contribution in [0.5, 0.6) is 0 Å². The smallest absolute Gasteiger partial charge is 0.338 e. The van der Waals surface area contributed by atoms with Crippen LogP contribution >= 0.6 is 22.7 Å². The summed E-state index contributed by atoms with van der Waals surface area (Å²) in [7, 11) is 0. The molecule has 0 amide bonds. The summed E-state index contributed by atoms with van der Waals surface area (Å²) in [6.07, 6.45) is 3.62. The Kier molecular flexibility index (Phi) is 5.46. The second kappa shape index (κ2) is 8.57. The van der Waals surface area contributed by atoms with E-state index >= 15 is 0 Å². The van der Waals surface area contributed by atoms with Gasteiger partial charge < -0.3 is 9.72 Å². The zero-order valence-corrected chi connectivity index (χ0v) is 18.8. The lowest BCUT2D eigenvalue weighted by Crippen LogP contribution is -2.39. The van der Waals surface area contributed by atoms with E-state index in [1.54, 1.807) is 11.5 Å². The van der Waals surface area contributed by atoms with Crippen molar-refractivity contribution in [3.63, 3.8) is 0 Å². The maximum atomic E-state index is 13.5. The maximum absolute atomic E-state index is 13.5. The number of carbonyl (C=O) groups is 1. The molecule has 4 heterocycles. The number of ether oxygens (including phenoxy) is 1. The van der Waals surface area contributed by atoms with Crippen molar-refractivity contribution in [2.75, 3.05) is 6.61 Å². The SMILES string of the molecule is CCOC(=O)C1=C(c2ccccc2)N=c2s/c(=C\c3ccc[nH]3)c(=O)n2[C@H]1c1cccs1. The molecule has 1 aromatic carbocycles. The highest BCUT2D eigenvalue weighted by Crippen LogP contribution is 2.36. The Balaban J connectivity index is 1.83. The summed E-state index contributed by atoms with van der Waals surface area (Å²) in [4.78, 5) is 36.1. The lowest BCUT2D eigenvalue weighted by molar-refractivity contribution is -0.138. The fraction of sp³-hybridized carbons (Fsp3) is 0.125. The van der Waals surface area contributed by atoms with Crippen molar-refractivity contribution in [1.29, 1.82) is 0 Å². The Labute approximate surface area is 191 Å². The number of thiazole rings is 1. The van der Waals surface area contributed by atoms with Crippen molar-refractivity contribution in [3.8, 4) is 0 Å². The Bertz CT molecular complexity index is 1460. The van der Waals surface area contributed by atoms with Crippen molar-refractivity contribution in [3.05, 3.63) is 108 Å². The number of benzene rings is 1. The molecule has 6 nitrogen and oxygen atoms in total. The van der Waals surface area contributed by atoms with Crippen molar-refractivity contribution in [2.45, 2.75) is 13.0 Å². The van der Waals surface area contributed by atoms with Crippen LogP contribution in [0.1, 0.15) is 29.1 Å². The quantitative estimate of drug-likeness (QED) is 0.463. The molecule has 3 aromatic heterocycles. The molecule has 160 valence electrons. The van der Waals surface area contributed by atoms with Crippen molar-refractivity contribution < 1.29 is 9.53 Å². The van der Waals surface area contributed by atoms with E-state index in [0.717, 1.165) is 16.1 Å². The van der Waals surface area contributed by atoms with E-state index in [4.69, 9.17) is 9.73 Å². The molecule has 0 radical (unpaired) electrons. The summed E-state index contributed by atoms with van der Waals surface area (Å²) in [5.41, 5.74) is 2.36. The van der Waals surface area contributed by atoms with E-state index in [-0.39, 0.29) is 12.2 Å². The number of aromatic amines is 1. The van der Waals surface area contributed by atoms with Crippen molar-refractivity contribution >= 4 is 40.4 Å². The third-order valence-electron chi connectivity index (χ3n) is 5.09. The Morgan fingerprint density at radius 2 is 2.03 bits per heavy atom. The number of nitrogens with one attached hydrogen (secondary N) is 1. The molecule has 32 heavy (non-hydrogen) atoms. The monoisotopic (exact) mass is 461 g/mol. The molecular formula is C24H19N3O3S2. The Morgan fingerprint density at radius 1 is 1.19 bits per heavy atom. The van der Waals surface area contributed by atoms with Crippen LogP contribution in [-0.4, -0.2) is 22.1 Å². The van der Waals surface area contributed by atoms with E-state index < -0.39 is 12.0 Å². The van der Waals surface area contributed by atoms with Gasteiger partial charge in [-0.15, -0.1) is 11.3 Å². The molecule has 1 N–H and O–H groups in total. The molecule has 1 aliphatic rings. The molecule has 0 bridgehead atoms. The van der Waals surface area contributed by atoms with Gasteiger partial charge in [0.1, 0.15) is 6.04 Å². The van der Waals surface area contributed by atoms with Gasteiger partial charge >= 0.3 is 5.97 Å². The molecule has 8 heteroatoms. The number of esters is 1. The number of nitrogens with zero attached hydrogens (tertiary/aromatic N) is 2. The van der Waals surface area contributed by atoms with Crippen LogP contribution in [0.3, 0.4) is 0 Å². The lowest BCUT2D eigenvalue weighted by atomic mass is 9.97. The number of thiophene rings is 1. The molecule has 1 atom stereocenters. The number of carbonyl (C=O) groups excluding carboxylic acids is 1. The molecule has 0 unspecified atom stereocenters. The predicted molar refractivity (Wildman–Crippen MR) is 126 cm³/mol. The molecule has 0 saturated carbocycles. The van der Waals surface area contributed by atoms with E-state index in [2.05, 4.69) is 4.98 Å². The van der Waals surface area contributed by atoms with Gasteiger partial charge in [0.05, 0.1) is 22.4 Å². The van der Waals surface area contributed by atoms with Crippen LogP contribution in [0.2, 0.25) is 0 Å². The number of hydrogen-bond acceptors (Lipinski definition) is 6. The topological polar surface area (TPSA) is 76.4 Å². The van der Waals surface area contributed by atoms with E-state index in [0.29, 0.717) is 20.6 Å². The maximum Gasteiger partial charge on any atom is 0.338 e. The van der Waals surface area contributed by atoms with Crippen LogP contribution in [0.25, 0.3) is 11.8 Å². The standard InChI is InChI=1S/C24H19N3O3S2/c1-2-30-23(29)19-20(15-8-4-3-5-9-15)26-24-27(21(19)17-11-7-13-31-17)22(28)18(32-24)14-16-10-6-12-25-16/h3-14,21,25H,2H2,1H3/b18-14-/t21-/m0/s1. The molecule has 0 aliphatic carbocycles. The highest BCUT2D eigenvalue weighted by Gasteiger charge is 2.35. The molecule has 4 aromatic rings. The Morgan fingerprint density at radius 3 is 2.72 bits per heavy atom. The number of H-pyrrole nitrogens is 1. The highest BCUT2D eigenvalue weighted by molar-refractivity contribution is 7.10. The summed E-state index contributed by atoms with van der Waals surface area (Å²) in [6, 6.07) is 16.6. The van der Waals surface area contributed by atoms with Gasteiger partial charge in [0.2, 0.25) is 0 Å². The second-order valence-corrected chi connectivity index (χ2v) is 9.06. The fourth-order valence-corrected chi connectivity index (χ4v) is 5.55. The van der Waals surface area contributed by atoms with Gasteiger partial charge in [-0.05, 0) is 36.6 Å². The first-order chi connectivity index (χ1) is 15.7. The number of rotatable bonds is 5. The summed E-state index contributed by atoms with van der Waals surface area (Å²) >= 11 is 2.81. The van der Waals surface area contributed by atoms with Crippen LogP contribution < -0.4 is 14.9 Å². The largest absolute Gasteiger partial charge is 0.463 e. The number of fused-ring (bicyclic) bond motifs is 1. The average molecular weight is 462 g/mol. The third kappa shape index (κ3) is 3.57. The first-order valence-corrected chi connectivity index (χ1v) is 11.8. The second-order valence-electron chi connectivity index (χ2n) is 7.07. The summed E-state index contributed by atoms with van der Waals surface area (Å²) in [5, 5.41) is 1.94. The predicted octanol–water partition coefficient (Wildman–Crippen LogP) is 3.33. The minimum Gasteiger partial charge on any atom is -0.463 e. The zero-order valence-electron chi connectivity index (χ0n) is 17.1. The van der Waals surface area contributed by atoms with E-state index in [9.17, 15) is 9.59 Å². The molecule has 0 fully saturated rings. The Hall–Kier alpha value is -3.49. The highest BCUT2D eigenvalue weighted by atomic mass is 32.1. The van der Waals surface area contributed by atoms with Gasteiger partial charge in [0, 0.05) is 22.3 Å². The minimum atomic E-state index is -0.605. The summed E-state index contributed by atoms with van der Waals surface area (Å²) in [6.45, 7) is 2.01. The van der Waals surface area contributed by atoms with E-state index in [1.165, 1.54) is 22.7 Å². The van der Waals surface area contributed by atoms with Gasteiger partial charge in [-0.2, -0.15) is 0 Å². The summed E-state index contributed by atoms with van der Waals surface area (Å²) in [5.74, 6) is -0.466. The van der Waals surface area contributed by atoms with Gasteiger partial charge in [0.15, 0.2) is 4.80 Å². The van der Waals surface area contributed by atoms with Crippen LogP contribution in [0, 0.1) is 0 Å². The molecule has 0 saturated heterocycles. The molecular weight excluding hydrogens is 442 g/mol. The van der Waals surface area contributed by atoms with Crippen LogP contribution in [-0.2, 0) is 9.53 Å². The molecule has 5 rings (SSSR count). The zero-order chi connectivity index (χ0) is 22.1. The lowest BCUT2D eigenvalue weighted by Gasteiger charge is -2.24. The van der Waals surface area contributed by atoms with Gasteiger partial charge in [-0.1, -0.05) is 47.7 Å². The van der Waals surface area contributed by atoms with E-state index in [1.807, 2.05) is 72.3 Å². The van der Waals surface area contributed by atoms with Crippen molar-refractivity contribution in [2.24, 2.45) is 4.99 Å². The van der Waals surface area contributed by atoms with Gasteiger partial charge in [-0.3, -0.25) is 9.36 Å². The third-order valence-corrected chi connectivity index (χ3v) is 7.00. The average Bonchev–Trinajstić information content (AvgIpc) is 3.57. The normalized spacial score (nSPS) is 16.0.